The van der Waals surface area contributed by atoms with Gasteiger partial charge in [-0.2, -0.15) is 5.10 Å². The molecule has 0 unspecified atom stereocenters. The van der Waals surface area contributed by atoms with Gasteiger partial charge in [0.1, 0.15) is 5.82 Å². The van der Waals surface area contributed by atoms with Gasteiger partial charge in [-0.3, -0.25) is 4.68 Å². The van der Waals surface area contributed by atoms with Crippen LogP contribution in [0.25, 0.3) is 0 Å². The number of hydrogen-bond donors (Lipinski definition) is 1. The zero-order valence-electron chi connectivity index (χ0n) is 7.08. The van der Waals surface area contributed by atoms with E-state index in [9.17, 15) is 0 Å². The third-order valence-electron chi connectivity index (χ3n) is 2.88. The monoisotopic (exact) mass is 163 g/mol. The van der Waals surface area contributed by atoms with Gasteiger partial charge in [0.15, 0.2) is 0 Å². The molecule has 0 amide bonds. The van der Waals surface area contributed by atoms with E-state index in [4.69, 9.17) is 5.73 Å². The predicted octanol–water partition coefficient (Wildman–Crippen LogP) is 1.29. The average Bonchev–Trinajstić information content (AvgIpc) is 2.68. The van der Waals surface area contributed by atoms with E-state index in [1.165, 1.54) is 36.9 Å². The zero-order chi connectivity index (χ0) is 8.13. The van der Waals surface area contributed by atoms with Crippen LogP contribution in [-0.4, -0.2) is 9.78 Å². The van der Waals surface area contributed by atoms with E-state index < -0.39 is 0 Å². The first-order valence-corrected chi connectivity index (χ1v) is 4.72. The molecule has 1 aromatic heterocycles. The molecule has 1 saturated carbocycles. The van der Waals surface area contributed by atoms with E-state index in [0.29, 0.717) is 6.04 Å². The van der Waals surface area contributed by atoms with Crippen LogP contribution in [0.4, 0.5) is 5.82 Å². The van der Waals surface area contributed by atoms with Gasteiger partial charge < -0.3 is 5.73 Å². The van der Waals surface area contributed by atoms with E-state index in [1.807, 2.05) is 0 Å². The highest BCUT2D eigenvalue weighted by Crippen LogP contribution is 2.39. The van der Waals surface area contributed by atoms with E-state index in [1.54, 1.807) is 0 Å². The lowest BCUT2D eigenvalue weighted by Crippen LogP contribution is -2.01. The molecule has 2 N–H and O–H groups in total. The van der Waals surface area contributed by atoms with Crippen LogP contribution in [0.3, 0.4) is 0 Å². The second-order valence-electron chi connectivity index (χ2n) is 3.84. The Morgan fingerprint density at radius 2 is 2.17 bits per heavy atom. The van der Waals surface area contributed by atoms with Gasteiger partial charge >= 0.3 is 0 Å². The predicted molar refractivity (Wildman–Crippen MR) is 46.9 cm³/mol. The number of nitrogens with two attached hydrogens (primary N) is 1. The van der Waals surface area contributed by atoms with Gasteiger partial charge in [0.25, 0.3) is 0 Å². The van der Waals surface area contributed by atoms with Crippen LogP contribution in [0, 0.1) is 0 Å². The van der Waals surface area contributed by atoms with Gasteiger partial charge in [-0.05, 0) is 32.1 Å². The van der Waals surface area contributed by atoms with Gasteiger partial charge in [-0.1, -0.05) is 0 Å². The Labute approximate surface area is 71.6 Å². The van der Waals surface area contributed by atoms with E-state index in [0.717, 1.165) is 12.2 Å². The SMILES string of the molecule is Nc1nn(C2CC2)c2c1CCC2. The lowest BCUT2D eigenvalue weighted by molar-refractivity contribution is 0.608. The molecule has 0 saturated heterocycles. The minimum atomic E-state index is 0.689. The topological polar surface area (TPSA) is 43.8 Å². The van der Waals surface area contributed by atoms with Crippen LogP contribution < -0.4 is 5.73 Å². The molecule has 0 radical (unpaired) electrons. The van der Waals surface area contributed by atoms with Crippen molar-refractivity contribution in [2.75, 3.05) is 5.73 Å². The summed E-state index contributed by atoms with van der Waals surface area (Å²) in [6, 6.07) is 0.689. The molecule has 3 rings (SSSR count). The summed E-state index contributed by atoms with van der Waals surface area (Å²) < 4.78 is 2.18. The smallest absolute Gasteiger partial charge is 0.148 e. The van der Waals surface area contributed by atoms with E-state index >= 15 is 0 Å². The fourth-order valence-corrected chi connectivity index (χ4v) is 2.11. The lowest BCUT2D eigenvalue weighted by atomic mass is 10.3. The second-order valence-corrected chi connectivity index (χ2v) is 3.84. The van der Waals surface area contributed by atoms with Crippen LogP contribution in [0.1, 0.15) is 36.6 Å². The molecule has 0 spiro atoms. The number of nitrogen functional groups attached to an aromatic ring is 1. The largest absolute Gasteiger partial charge is 0.382 e. The number of nitrogens with zero attached hydrogens (tertiary/aromatic N) is 2. The van der Waals surface area contributed by atoms with Crippen molar-refractivity contribution in [3.05, 3.63) is 11.3 Å². The molecule has 3 heteroatoms. The summed E-state index contributed by atoms with van der Waals surface area (Å²) in [4.78, 5) is 0. The maximum Gasteiger partial charge on any atom is 0.148 e. The average molecular weight is 163 g/mol. The summed E-state index contributed by atoms with van der Waals surface area (Å²) in [7, 11) is 0. The highest BCUT2D eigenvalue weighted by atomic mass is 15.3. The molecule has 1 heterocycles. The summed E-state index contributed by atoms with van der Waals surface area (Å²) in [5.41, 5.74) is 8.59. The normalized spacial score (nSPS) is 21.3. The van der Waals surface area contributed by atoms with Crippen molar-refractivity contribution in [2.24, 2.45) is 0 Å². The molecule has 0 aromatic carbocycles. The van der Waals surface area contributed by atoms with Gasteiger partial charge in [0, 0.05) is 11.3 Å². The highest BCUT2D eigenvalue weighted by molar-refractivity contribution is 5.45. The quantitative estimate of drug-likeness (QED) is 0.678. The first-order chi connectivity index (χ1) is 5.86. The van der Waals surface area contributed by atoms with Crippen molar-refractivity contribution in [1.29, 1.82) is 0 Å². The van der Waals surface area contributed by atoms with Crippen molar-refractivity contribution >= 4 is 5.82 Å². The van der Waals surface area contributed by atoms with Crippen molar-refractivity contribution in [3.8, 4) is 0 Å². The van der Waals surface area contributed by atoms with Crippen LogP contribution in [-0.2, 0) is 12.8 Å². The van der Waals surface area contributed by atoms with Crippen molar-refractivity contribution in [2.45, 2.75) is 38.1 Å². The van der Waals surface area contributed by atoms with E-state index in [-0.39, 0.29) is 0 Å². The third-order valence-corrected chi connectivity index (χ3v) is 2.88. The molecule has 0 atom stereocenters. The van der Waals surface area contributed by atoms with Gasteiger partial charge in [-0.25, -0.2) is 0 Å². The first-order valence-electron chi connectivity index (χ1n) is 4.72. The molecule has 0 aliphatic heterocycles. The molecular weight excluding hydrogens is 150 g/mol. The minimum Gasteiger partial charge on any atom is -0.382 e. The number of hydrogen-bond acceptors (Lipinski definition) is 2. The molecule has 3 nitrogen and oxygen atoms in total. The lowest BCUT2D eigenvalue weighted by Gasteiger charge is -2.00. The Bertz CT molecular complexity index is 323. The van der Waals surface area contributed by atoms with Crippen molar-refractivity contribution in [1.82, 2.24) is 9.78 Å². The second kappa shape index (κ2) is 2.03. The van der Waals surface area contributed by atoms with Crippen LogP contribution in [0.5, 0.6) is 0 Å². The van der Waals surface area contributed by atoms with Crippen LogP contribution >= 0.6 is 0 Å². The fourth-order valence-electron chi connectivity index (χ4n) is 2.11. The molecule has 64 valence electrons. The molecule has 1 fully saturated rings. The van der Waals surface area contributed by atoms with Crippen molar-refractivity contribution in [3.63, 3.8) is 0 Å². The molecule has 2 aliphatic rings. The first kappa shape index (κ1) is 6.52. The fraction of sp³-hybridized carbons (Fsp3) is 0.667. The third kappa shape index (κ3) is 0.737. The number of anilines is 1. The molecule has 1 aromatic rings. The minimum absolute atomic E-state index is 0.689. The summed E-state index contributed by atoms with van der Waals surface area (Å²) >= 11 is 0. The standard InChI is InChI=1S/C9H13N3/c10-9-7-2-1-3-8(7)12(11-9)6-4-5-6/h6H,1-5H2,(H2,10,11). The molecular formula is C9H13N3. The Kier molecular flexibility index (Phi) is 1.10. The Morgan fingerprint density at radius 3 is 2.92 bits per heavy atom. The number of rotatable bonds is 1. The molecule has 2 aliphatic carbocycles. The van der Waals surface area contributed by atoms with Gasteiger partial charge in [-0.15, -0.1) is 0 Å². The van der Waals surface area contributed by atoms with Crippen molar-refractivity contribution < 1.29 is 0 Å². The Balaban J connectivity index is 2.13. The van der Waals surface area contributed by atoms with Crippen LogP contribution in [0.2, 0.25) is 0 Å². The summed E-state index contributed by atoms with van der Waals surface area (Å²) in [6.45, 7) is 0. The summed E-state index contributed by atoms with van der Waals surface area (Å²) in [5, 5.41) is 4.39. The van der Waals surface area contributed by atoms with Gasteiger partial charge in [0.2, 0.25) is 0 Å². The summed E-state index contributed by atoms with van der Waals surface area (Å²) in [6.07, 6.45) is 6.20. The Morgan fingerprint density at radius 1 is 1.33 bits per heavy atom. The molecule has 12 heavy (non-hydrogen) atoms. The van der Waals surface area contributed by atoms with Crippen LogP contribution in [0.15, 0.2) is 0 Å². The maximum absolute atomic E-state index is 5.83. The van der Waals surface area contributed by atoms with E-state index in [2.05, 4.69) is 9.78 Å². The molecule has 0 bridgehead atoms. The highest BCUT2D eigenvalue weighted by Gasteiger charge is 2.30. The summed E-state index contributed by atoms with van der Waals surface area (Å²) in [5.74, 6) is 0.786. The maximum atomic E-state index is 5.83. The number of aromatic nitrogens is 2. The number of fused-ring (bicyclic) bond motifs is 1. The Hall–Kier alpha value is -0.990. The zero-order valence-corrected chi connectivity index (χ0v) is 7.08. The van der Waals surface area contributed by atoms with Gasteiger partial charge in [0.05, 0.1) is 6.04 Å².